The van der Waals surface area contributed by atoms with Gasteiger partial charge in [0.05, 0.1) is 5.69 Å². The molecule has 0 radical (unpaired) electrons. The Hall–Kier alpha value is -1.69. The average Bonchev–Trinajstić information content (AvgIpc) is 2.71. The number of halogens is 3. The number of amides is 1. The Balaban J connectivity index is 0.00000450. The number of guanidine groups is 1. The third-order valence-corrected chi connectivity index (χ3v) is 4.64. The molecule has 0 spiro atoms. The van der Waals surface area contributed by atoms with E-state index in [1.807, 2.05) is 16.7 Å². The van der Waals surface area contributed by atoms with Crippen molar-refractivity contribution in [2.45, 2.75) is 13.3 Å². The number of rotatable bonds is 8. The maximum atomic E-state index is 14.1. The number of hydrogen-bond acceptors (Lipinski definition) is 4. The summed E-state index contributed by atoms with van der Waals surface area (Å²) in [7, 11) is 3.39. The van der Waals surface area contributed by atoms with E-state index >= 15 is 0 Å². The van der Waals surface area contributed by atoms with Gasteiger partial charge in [0, 0.05) is 66.1 Å². The first kappa shape index (κ1) is 26.3. The van der Waals surface area contributed by atoms with E-state index in [1.165, 1.54) is 11.0 Å². The second-order valence-electron chi connectivity index (χ2n) is 6.98. The smallest absolute Gasteiger partial charge is 0.243 e. The third kappa shape index (κ3) is 8.21. The molecule has 0 saturated carbocycles. The fraction of sp³-hybridized carbons (Fsp3) is 0.600. The van der Waals surface area contributed by atoms with Gasteiger partial charge in [0.15, 0.2) is 5.96 Å². The summed E-state index contributed by atoms with van der Waals surface area (Å²) in [5.74, 6) is -0.321. The first-order valence-corrected chi connectivity index (χ1v) is 9.93. The maximum Gasteiger partial charge on any atom is 0.243 e. The van der Waals surface area contributed by atoms with E-state index in [4.69, 9.17) is 4.74 Å². The van der Waals surface area contributed by atoms with Gasteiger partial charge in [-0.3, -0.25) is 4.79 Å². The standard InChI is InChI=1S/C20H31F2N5O2.HI/c1-4-29-13-5-8-23-20(24-15-19(28)25(2)3)27-11-9-26(10-12-27)18-14-16(21)6-7-17(18)22;/h6-7,14H,4-5,8-13,15H2,1-3H3,(H,23,24);1H. The van der Waals surface area contributed by atoms with Crippen molar-refractivity contribution >= 4 is 41.5 Å². The van der Waals surface area contributed by atoms with Crippen molar-refractivity contribution in [2.24, 2.45) is 4.99 Å². The molecule has 0 aliphatic carbocycles. The van der Waals surface area contributed by atoms with Crippen molar-refractivity contribution in [1.82, 2.24) is 15.1 Å². The van der Waals surface area contributed by atoms with Gasteiger partial charge in [-0.1, -0.05) is 0 Å². The molecule has 1 heterocycles. The molecule has 1 aliphatic rings. The van der Waals surface area contributed by atoms with Crippen LogP contribution in [0.4, 0.5) is 14.5 Å². The molecule has 0 bridgehead atoms. The zero-order chi connectivity index (χ0) is 21.2. The summed E-state index contributed by atoms with van der Waals surface area (Å²) in [6.07, 6.45) is 0.822. The number of nitrogens with zero attached hydrogens (tertiary/aromatic N) is 4. The summed E-state index contributed by atoms with van der Waals surface area (Å²) < 4.78 is 32.9. The number of benzene rings is 1. The Kier molecular flexibility index (Phi) is 11.9. The van der Waals surface area contributed by atoms with Crippen LogP contribution >= 0.6 is 24.0 Å². The zero-order valence-corrected chi connectivity index (χ0v) is 20.2. The molecule has 170 valence electrons. The first-order chi connectivity index (χ1) is 13.9. The summed E-state index contributed by atoms with van der Waals surface area (Å²) in [6.45, 7) is 6.24. The van der Waals surface area contributed by atoms with Crippen molar-refractivity contribution in [3.63, 3.8) is 0 Å². The predicted molar refractivity (Wildman–Crippen MR) is 126 cm³/mol. The molecule has 10 heteroatoms. The molecular weight excluding hydrogens is 507 g/mol. The van der Waals surface area contributed by atoms with Gasteiger partial charge in [0.2, 0.25) is 5.91 Å². The second kappa shape index (κ2) is 13.6. The minimum absolute atomic E-state index is 0. The van der Waals surface area contributed by atoms with E-state index in [1.54, 1.807) is 14.1 Å². The minimum Gasteiger partial charge on any atom is -0.382 e. The van der Waals surface area contributed by atoms with Crippen molar-refractivity contribution in [3.05, 3.63) is 29.8 Å². The summed E-state index contributed by atoms with van der Waals surface area (Å²) in [6, 6.07) is 3.49. The van der Waals surface area contributed by atoms with E-state index < -0.39 is 11.6 Å². The van der Waals surface area contributed by atoms with Gasteiger partial charge in [-0.15, -0.1) is 24.0 Å². The lowest BCUT2D eigenvalue weighted by molar-refractivity contribution is -0.127. The second-order valence-corrected chi connectivity index (χ2v) is 6.98. The van der Waals surface area contributed by atoms with E-state index in [0.29, 0.717) is 51.9 Å². The monoisotopic (exact) mass is 539 g/mol. The first-order valence-electron chi connectivity index (χ1n) is 9.93. The topological polar surface area (TPSA) is 60.4 Å². The third-order valence-electron chi connectivity index (χ3n) is 4.64. The summed E-state index contributed by atoms with van der Waals surface area (Å²) in [5.41, 5.74) is 0.274. The lowest BCUT2D eigenvalue weighted by Gasteiger charge is -2.38. The fourth-order valence-corrected chi connectivity index (χ4v) is 2.96. The Morgan fingerprint density at radius 2 is 1.93 bits per heavy atom. The SMILES string of the molecule is CCOCCCNC(=NCC(=O)N(C)C)N1CCN(c2cc(F)ccc2F)CC1.I. The van der Waals surface area contributed by atoms with Gasteiger partial charge in [-0.25, -0.2) is 13.8 Å². The van der Waals surface area contributed by atoms with Gasteiger partial charge in [-0.2, -0.15) is 0 Å². The molecule has 1 aromatic carbocycles. The largest absolute Gasteiger partial charge is 0.382 e. The minimum atomic E-state index is -0.454. The summed E-state index contributed by atoms with van der Waals surface area (Å²) in [4.78, 5) is 21.7. The number of likely N-dealkylation sites (N-methyl/N-ethyl adjacent to an activating group) is 1. The van der Waals surface area contributed by atoms with Gasteiger partial charge in [-0.05, 0) is 25.5 Å². The van der Waals surface area contributed by atoms with E-state index in [0.717, 1.165) is 18.6 Å². The van der Waals surface area contributed by atoms with Crippen molar-refractivity contribution in [2.75, 3.05) is 71.5 Å². The van der Waals surface area contributed by atoms with Crippen molar-refractivity contribution in [1.29, 1.82) is 0 Å². The Bertz CT molecular complexity index is 698. The number of anilines is 1. The molecule has 1 aliphatic heterocycles. The number of carbonyl (C=O) groups is 1. The van der Waals surface area contributed by atoms with Crippen LogP contribution in [0, 0.1) is 11.6 Å². The van der Waals surface area contributed by atoms with Crippen molar-refractivity contribution in [3.8, 4) is 0 Å². The molecule has 1 N–H and O–H groups in total. The van der Waals surface area contributed by atoms with Gasteiger partial charge in [0.1, 0.15) is 18.2 Å². The fourth-order valence-electron chi connectivity index (χ4n) is 2.96. The quantitative estimate of drug-likeness (QED) is 0.238. The highest BCUT2D eigenvalue weighted by molar-refractivity contribution is 14.0. The lowest BCUT2D eigenvalue weighted by Crippen LogP contribution is -2.53. The molecule has 1 fully saturated rings. The highest BCUT2D eigenvalue weighted by Gasteiger charge is 2.22. The van der Waals surface area contributed by atoms with Crippen LogP contribution in [0.1, 0.15) is 13.3 Å². The molecule has 2 rings (SSSR count). The van der Waals surface area contributed by atoms with Crippen LogP contribution in [0.25, 0.3) is 0 Å². The van der Waals surface area contributed by atoms with Crippen molar-refractivity contribution < 1.29 is 18.3 Å². The molecule has 0 unspecified atom stereocenters. The number of ether oxygens (including phenoxy) is 1. The molecule has 1 amide bonds. The normalized spacial score (nSPS) is 14.4. The van der Waals surface area contributed by atoms with E-state index in [-0.39, 0.29) is 42.1 Å². The highest BCUT2D eigenvalue weighted by Crippen LogP contribution is 2.21. The van der Waals surface area contributed by atoms with Crippen LogP contribution in [-0.2, 0) is 9.53 Å². The lowest BCUT2D eigenvalue weighted by atomic mass is 10.2. The number of nitrogens with one attached hydrogen (secondary N) is 1. The Morgan fingerprint density at radius 1 is 1.23 bits per heavy atom. The van der Waals surface area contributed by atoms with Gasteiger partial charge in [0.25, 0.3) is 0 Å². The highest BCUT2D eigenvalue weighted by atomic mass is 127. The van der Waals surface area contributed by atoms with E-state index in [9.17, 15) is 13.6 Å². The molecule has 1 saturated heterocycles. The number of hydrogen-bond donors (Lipinski definition) is 1. The van der Waals surface area contributed by atoms with Gasteiger partial charge >= 0.3 is 0 Å². The molecule has 30 heavy (non-hydrogen) atoms. The molecule has 0 atom stereocenters. The van der Waals surface area contributed by atoms with Crippen LogP contribution in [0.5, 0.6) is 0 Å². The summed E-state index contributed by atoms with van der Waals surface area (Å²) >= 11 is 0. The van der Waals surface area contributed by atoms with Crippen LogP contribution in [0.3, 0.4) is 0 Å². The predicted octanol–water partition coefficient (Wildman–Crippen LogP) is 2.17. The molecule has 0 aromatic heterocycles. The van der Waals surface area contributed by atoms with Crippen LogP contribution in [-0.4, -0.2) is 88.2 Å². The number of aliphatic imine (C=N–C) groups is 1. The Labute approximate surface area is 194 Å². The number of piperazine rings is 1. The zero-order valence-electron chi connectivity index (χ0n) is 17.9. The maximum absolute atomic E-state index is 14.1. The average molecular weight is 539 g/mol. The van der Waals surface area contributed by atoms with Crippen LogP contribution < -0.4 is 10.2 Å². The molecular formula is C20H32F2IN5O2. The van der Waals surface area contributed by atoms with Crippen LogP contribution in [0.2, 0.25) is 0 Å². The summed E-state index contributed by atoms with van der Waals surface area (Å²) in [5, 5.41) is 3.29. The number of carbonyl (C=O) groups excluding carboxylic acids is 1. The van der Waals surface area contributed by atoms with Crippen LogP contribution in [0.15, 0.2) is 23.2 Å². The molecule has 7 nitrogen and oxygen atoms in total. The Morgan fingerprint density at radius 3 is 2.57 bits per heavy atom. The van der Waals surface area contributed by atoms with E-state index in [2.05, 4.69) is 10.3 Å². The van der Waals surface area contributed by atoms with Gasteiger partial charge < -0.3 is 24.8 Å². The molecule has 1 aromatic rings.